The number of nitrogens with one attached hydrogen (secondary N) is 1. The third-order valence-corrected chi connectivity index (χ3v) is 3.35. The van der Waals surface area contributed by atoms with Crippen LogP contribution in [0.2, 0.25) is 0 Å². The van der Waals surface area contributed by atoms with Crippen molar-refractivity contribution < 1.29 is 4.74 Å². The maximum atomic E-state index is 5.37. The third-order valence-electron chi connectivity index (χ3n) is 3.35. The zero-order valence-corrected chi connectivity index (χ0v) is 11.3. The smallest absolute Gasteiger partial charge is 0.0642 e. The predicted molar refractivity (Wildman–Crippen MR) is 76.1 cm³/mol. The topological polar surface area (TPSA) is 24.5 Å². The standard InChI is InChI=1S/C15H24N2O/c1-2-3-8-16-13-14-4-6-15(7-5-14)17-9-11-18-12-10-17/h4-7,16H,2-3,8-13H2,1H3. The molecule has 1 saturated heterocycles. The highest BCUT2D eigenvalue weighted by molar-refractivity contribution is 5.47. The van der Waals surface area contributed by atoms with Crippen LogP contribution in [0.15, 0.2) is 24.3 Å². The summed E-state index contributed by atoms with van der Waals surface area (Å²) in [4.78, 5) is 2.39. The van der Waals surface area contributed by atoms with E-state index in [1.54, 1.807) is 0 Å². The van der Waals surface area contributed by atoms with Crippen LogP contribution in [0.5, 0.6) is 0 Å². The summed E-state index contributed by atoms with van der Waals surface area (Å²) in [7, 11) is 0. The molecule has 18 heavy (non-hydrogen) atoms. The first-order valence-electron chi connectivity index (χ1n) is 7.02. The fourth-order valence-corrected chi connectivity index (χ4v) is 2.18. The maximum absolute atomic E-state index is 5.37. The Morgan fingerprint density at radius 3 is 2.56 bits per heavy atom. The van der Waals surface area contributed by atoms with Gasteiger partial charge >= 0.3 is 0 Å². The Morgan fingerprint density at radius 1 is 1.17 bits per heavy atom. The summed E-state index contributed by atoms with van der Waals surface area (Å²) in [5.41, 5.74) is 2.68. The Kier molecular flexibility index (Phi) is 5.49. The molecule has 0 saturated carbocycles. The Hall–Kier alpha value is -1.06. The summed E-state index contributed by atoms with van der Waals surface area (Å²) in [6.07, 6.45) is 2.51. The molecule has 0 unspecified atom stereocenters. The lowest BCUT2D eigenvalue weighted by atomic mass is 10.2. The van der Waals surface area contributed by atoms with Gasteiger partial charge in [0.25, 0.3) is 0 Å². The third kappa shape index (κ3) is 4.00. The number of ether oxygens (including phenoxy) is 1. The van der Waals surface area contributed by atoms with E-state index in [0.29, 0.717) is 0 Å². The SMILES string of the molecule is CCCCNCc1ccc(N2CCOCC2)cc1. The Morgan fingerprint density at radius 2 is 1.89 bits per heavy atom. The van der Waals surface area contributed by atoms with Gasteiger partial charge in [0.15, 0.2) is 0 Å². The number of hydrogen-bond donors (Lipinski definition) is 1. The quantitative estimate of drug-likeness (QED) is 0.782. The summed E-state index contributed by atoms with van der Waals surface area (Å²) in [5.74, 6) is 0. The van der Waals surface area contributed by atoms with Gasteiger partial charge < -0.3 is 15.0 Å². The van der Waals surface area contributed by atoms with Gasteiger partial charge in [-0.3, -0.25) is 0 Å². The van der Waals surface area contributed by atoms with E-state index in [4.69, 9.17) is 4.74 Å². The zero-order valence-electron chi connectivity index (χ0n) is 11.3. The first-order valence-corrected chi connectivity index (χ1v) is 7.02. The molecule has 0 radical (unpaired) electrons. The molecule has 3 heteroatoms. The molecule has 3 nitrogen and oxygen atoms in total. The van der Waals surface area contributed by atoms with Crippen LogP contribution < -0.4 is 10.2 Å². The number of rotatable bonds is 6. The van der Waals surface area contributed by atoms with Crippen LogP contribution in [0, 0.1) is 0 Å². The average molecular weight is 248 g/mol. The largest absolute Gasteiger partial charge is 0.378 e. The lowest BCUT2D eigenvalue weighted by molar-refractivity contribution is 0.122. The molecular formula is C15H24N2O. The molecule has 100 valence electrons. The van der Waals surface area contributed by atoms with E-state index in [1.165, 1.54) is 24.1 Å². The van der Waals surface area contributed by atoms with Gasteiger partial charge in [-0.05, 0) is 30.7 Å². The second kappa shape index (κ2) is 7.39. The highest BCUT2D eigenvalue weighted by Crippen LogP contribution is 2.16. The summed E-state index contributed by atoms with van der Waals surface area (Å²) < 4.78 is 5.37. The van der Waals surface area contributed by atoms with E-state index in [9.17, 15) is 0 Å². The molecule has 1 heterocycles. The second-order valence-corrected chi connectivity index (χ2v) is 4.80. The van der Waals surface area contributed by atoms with Gasteiger partial charge in [-0.25, -0.2) is 0 Å². The average Bonchev–Trinajstić information content (AvgIpc) is 2.45. The van der Waals surface area contributed by atoms with Crippen LogP contribution in [-0.4, -0.2) is 32.8 Å². The van der Waals surface area contributed by atoms with Gasteiger partial charge in [-0.2, -0.15) is 0 Å². The van der Waals surface area contributed by atoms with E-state index in [0.717, 1.165) is 39.4 Å². The molecule has 1 N–H and O–H groups in total. The Bertz CT molecular complexity index is 331. The van der Waals surface area contributed by atoms with Crippen LogP contribution >= 0.6 is 0 Å². The van der Waals surface area contributed by atoms with Gasteiger partial charge in [0.05, 0.1) is 13.2 Å². The molecular weight excluding hydrogens is 224 g/mol. The minimum atomic E-state index is 0.848. The van der Waals surface area contributed by atoms with Crippen LogP contribution in [0.1, 0.15) is 25.3 Å². The number of unbranched alkanes of at least 4 members (excludes halogenated alkanes) is 1. The minimum absolute atomic E-state index is 0.848. The summed E-state index contributed by atoms with van der Waals surface area (Å²) >= 11 is 0. The normalized spacial score (nSPS) is 15.9. The molecule has 0 aliphatic carbocycles. The fraction of sp³-hybridized carbons (Fsp3) is 0.600. The van der Waals surface area contributed by atoms with Crippen molar-refractivity contribution in [3.05, 3.63) is 29.8 Å². The minimum Gasteiger partial charge on any atom is -0.378 e. The first kappa shape index (κ1) is 13.4. The molecule has 0 atom stereocenters. The number of hydrogen-bond acceptors (Lipinski definition) is 3. The van der Waals surface area contributed by atoms with Crippen molar-refractivity contribution in [2.24, 2.45) is 0 Å². The van der Waals surface area contributed by atoms with E-state index >= 15 is 0 Å². The van der Waals surface area contributed by atoms with Crippen molar-refractivity contribution in [3.63, 3.8) is 0 Å². The Labute approximate surface area is 110 Å². The second-order valence-electron chi connectivity index (χ2n) is 4.80. The highest BCUT2D eigenvalue weighted by atomic mass is 16.5. The van der Waals surface area contributed by atoms with E-state index in [2.05, 4.69) is 41.4 Å². The van der Waals surface area contributed by atoms with Crippen LogP contribution in [-0.2, 0) is 11.3 Å². The van der Waals surface area contributed by atoms with Crippen LogP contribution in [0.4, 0.5) is 5.69 Å². The van der Waals surface area contributed by atoms with Crippen molar-refractivity contribution >= 4 is 5.69 Å². The molecule has 1 fully saturated rings. The van der Waals surface area contributed by atoms with Gasteiger partial charge in [-0.15, -0.1) is 0 Å². The lowest BCUT2D eigenvalue weighted by Crippen LogP contribution is -2.36. The molecule has 1 aliphatic heterocycles. The van der Waals surface area contributed by atoms with E-state index < -0.39 is 0 Å². The van der Waals surface area contributed by atoms with Gasteiger partial charge in [-0.1, -0.05) is 25.5 Å². The van der Waals surface area contributed by atoms with Crippen molar-refractivity contribution in [2.75, 3.05) is 37.7 Å². The van der Waals surface area contributed by atoms with Gasteiger partial charge in [0, 0.05) is 25.3 Å². The van der Waals surface area contributed by atoms with Crippen molar-refractivity contribution in [1.82, 2.24) is 5.32 Å². The maximum Gasteiger partial charge on any atom is 0.0642 e. The Balaban J connectivity index is 1.81. The number of anilines is 1. The lowest BCUT2D eigenvalue weighted by Gasteiger charge is -2.28. The number of morpholine rings is 1. The van der Waals surface area contributed by atoms with Crippen molar-refractivity contribution in [1.29, 1.82) is 0 Å². The fourth-order valence-electron chi connectivity index (χ4n) is 2.18. The van der Waals surface area contributed by atoms with Gasteiger partial charge in [0.2, 0.25) is 0 Å². The molecule has 0 bridgehead atoms. The molecule has 1 aliphatic rings. The van der Waals surface area contributed by atoms with Crippen LogP contribution in [0.3, 0.4) is 0 Å². The molecule has 0 amide bonds. The molecule has 1 aromatic rings. The summed E-state index contributed by atoms with van der Waals surface area (Å²) in [6.45, 7) is 8.02. The molecule has 0 spiro atoms. The van der Waals surface area contributed by atoms with Crippen molar-refractivity contribution in [2.45, 2.75) is 26.3 Å². The van der Waals surface area contributed by atoms with Crippen molar-refractivity contribution in [3.8, 4) is 0 Å². The zero-order chi connectivity index (χ0) is 12.6. The first-order chi connectivity index (χ1) is 8.90. The predicted octanol–water partition coefficient (Wildman–Crippen LogP) is 2.41. The highest BCUT2D eigenvalue weighted by Gasteiger charge is 2.10. The van der Waals surface area contributed by atoms with Crippen LogP contribution in [0.25, 0.3) is 0 Å². The number of benzene rings is 1. The van der Waals surface area contributed by atoms with E-state index in [-0.39, 0.29) is 0 Å². The summed E-state index contributed by atoms with van der Waals surface area (Å²) in [6, 6.07) is 8.90. The molecule has 0 aromatic heterocycles. The molecule has 1 aromatic carbocycles. The number of nitrogens with zero attached hydrogens (tertiary/aromatic N) is 1. The van der Waals surface area contributed by atoms with E-state index in [1.807, 2.05) is 0 Å². The van der Waals surface area contributed by atoms with Gasteiger partial charge in [0.1, 0.15) is 0 Å². The summed E-state index contributed by atoms with van der Waals surface area (Å²) in [5, 5.41) is 3.47. The monoisotopic (exact) mass is 248 g/mol. The molecule has 2 rings (SSSR count).